The Morgan fingerprint density at radius 3 is 2.39 bits per heavy atom. The maximum Gasteiger partial charge on any atom is 0.338 e. The zero-order valence-corrected chi connectivity index (χ0v) is 19.1. The Kier molecular flexibility index (Phi) is 7.44. The van der Waals surface area contributed by atoms with Gasteiger partial charge in [-0.05, 0) is 56.0 Å². The lowest BCUT2D eigenvalue weighted by atomic mass is 10.0. The molecular weight excluding hydrogens is 450 g/mol. The third-order valence-corrected chi connectivity index (χ3v) is 7.49. The number of sulfonamides is 1. The van der Waals surface area contributed by atoms with E-state index in [0.717, 1.165) is 12.8 Å². The van der Waals surface area contributed by atoms with Crippen LogP contribution in [0, 0.1) is 23.0 Å². The van der Waals surface area contributed by atoms with Gasteiger partial charge in [0.1, 0.15) is 0 Å². The summed E-state index contributed by atoms with van der Waals surface area (Å²) in [5.41, 5.74) is 0.480. The number of esters is 1. The maximum atomic E-state index is 12.8. The largest absolute Gasteiger partial charge is 0.452 e. The normalized spacial score (nSPS) is 15.1. The van der Waals surface area contributed by atoms with E-state index in [2.05, 4.69) is 12.2 Å². The third-order valence-electron chi connectivity index (χ3n) is 5.58. The van der Waals surface area contributed by atoms with Gasteiger partial charge in [0.25, 0.3) is 11.6 Å². The Bertz CT molecular complexity index is 1160. The van der Waals surface area contributed by atoms with Crippen molar-refractivity contribution in [1.29, 1.82) is 0 Å². The predicted molar refractivity (Wildman–Crippen MR) is 120 cm³/mol. The van der Waals surface area contributed by atoms with Crippen molar-refractivity contribution >= 4 is 33.3 Å². The molecule has 10 nitrogen and oxygen atoms in total. The lowest BCUT2D eigenvalue weighted by Crippen LogP contribution is -2.37. The quantitative estimate of drug-likeness (QED) is 0.369. The molecule has 1 heterocycles. The van der Waals surface area contributed by atoms with Crippen LogP contribution in [0.1, 0.15) is 35.7 Å². The summed E-state index contributed by atoms with van der Waals surface area (Å²) in [5.74, 6) is -0.964. The highest BCUT2D eigenvalue weighted by Gasteiger charge is 2.28. The van der Waals surface area contributed by atoms with Crippen LogP contribution in [0.25, 0.3) is 0 Å². The van der Waals surface area contributed by atoms with Crippen molar-refractivity contribution in [2.45, 2.75) is 31.6 Å². The van der Waals surface area contributed by atoms with Crippen LogP contribution in [0.3, 0.4) is 0 Å². The van der Waals surface area contributed by atoms with Crippen molar-refractivity contribution in [3.05, 3.63) is 63.7 Å². The van der Waals surface area contributed by atoms with Crippen molar-refractivity contribution in [3.8, 4) is 0 Å². The lowest BCUT2D eigenvalue weighted by molar-refractivity contribution is -0.385. The van der Waals surface area contributed by atoms with Gasteiger partial charge in [-0.25, -0.2) is 13.2 Å². The number of hydrogen-bond donors (Lipinski definition) is 1. The summed E-state index contributed by atoms with van der Waals surface area (Å²) < 4.78 is 32.0. The van der Waals surface area contributed by atoms with E-state index in [-0.39, 0.29) is 27.4 Å². The Labute approximate surface area is 191 Å². The molecule has 2 aromatic rings. The van der Waals surface area contributed by atoms with Gasteiger partial charge in [0.05, 0.1) is 26.6 Å². The second-order valence-corrected chi connectivity index (χ2v) is 9.88. The smallest absolute Gasteiger partial charge is 0.338 e. The van der Waals surface area contributed by atoms with Gasteiger partial charge in [-0.3, -0.25) is 14.9 Å². The first kappa shape index (κ1) is 24.3. The van der Waals surface area contributed by atoms with Crippen molar-refractivity contribution in [3.63, 3.8) is 0 Å². The number of hydrogen-bond acceptors (Lipinski definition) is 7. The first-order valence-electron chi connectivity index (χ1n) is 10.4. The number of nitro benzene ring substituents is 1. The molecule has 0 radical (unpaired) electrons. The number of carbonyl (C=O) groups is 2. The molecule has 2 aromatic carbocycles. The van der Waals surface area contributed by atoms with Gasteiger partial charge >= 0.3 is 5.97 Å². The van der Waals surface area contributed by atoms with Gasteiger partial charge in [0.15, 0.2) is 6.61 Å². The SMILES string of the molecule is Cc1c(NC(=O)COC(=O)c2ccc(S(=O)(=O)N3CCC(C)CC3)cc2)cccc1[N+](=O)[O-]. The number of nitro groups is 1. The molecule has 1 fully saturated rings. The number of benzene rings is 2. The zero-order chi connectivity index (χ0) is 24.2. The Balaban J connectivity index is 1.58. The molecule has 0 unspecified atom stereocenters. The number of amides is 1. The van der Waals surface area contributed by atoms with E-state index in [4.69, 9.17) is 4.74 Å². The van der Waals surface area contributed by atoms with E-state index in [9.17, 15) is 28.1 Å². The summed E-state index contributed by atoms with van der Waals surface area (Å²) in [6, 6.07) is 9.62. The molecule has 176 valence electrons. The highest BCUT2D eigenvalue weighted by Crippen LogP contribution is 2.25. The summed E-state index contributed by atoms with van der Waals surface area (Å²) in [6.45, 7) is 3.92. The van der Waals surface area contributed by atoms with Crippen LogP contribution in [0.15, 0.2) is 47.4 Å². The average Bonchev–Trinajstić information content (AvgIpc) is 2.79. The summed E-state index contributed by atoms with van der Waals surface area (Å²) in [7, 11) is -3.63. The Hall–Kier alpha value is -3.31. The van der Waals surface area contributed by atoms with E-state index < -0.39 is 33.4 Å². The van der Waals surface area contributed by atoms with Crippen LogP contribution in [-0.4, -0.2) is 49.2 Å². The van der Waals surface area contributed by atoms with Crippen molar-refractivity contribution in [2.24, 2.45) is 5.92 Å². The molecule has 11 heteroatoms. The van der Waals surface area contributed by atoms with Crippen LogP contribution >= 0.6 is 0 Å². The first-order chi connectivity index (χ1) is 15.6. The van der Waals surface area contributed by atoms with Crippen LogP contribution in [0.4, 0.5) is 11.4 Å². The summed E-state index contributed by atoms with van der Waals surface area (Å²) in [4.78, 5) is 34.9. The topological polar surface area (TPSA) is 136 Å². The van der Waals surface area contributed by atoms with Crippen molar-refractivity contribution in [2.75, 3.05) is 25.0 Å². The molecule has 1 amide bonds. The van der Waals surface area contributed by atoms with Crippen LogP contribution in [0.2, 0.25) is 0 Å². The van der Waals surface area contributed by atoms with Crippen LogP contribution < -0.4 is 5.32 Å². The van der Waals surface area contributed by atoms with E-state index in [1.807, 2.05) is 0 Å². The maximum absolute atomic E-state index is 12.8. The van der Waals surface area contributed by atoms with Gasteiger partial charge in [-0.1, -0.05) is 13.0 Å². The number of piperidine rings is 1. The minimum atomic E-state index is -3.63. The fourth-order valence-electron chi connectivity index (χ4n) is 3.49. The average molecular weight is 476 g/mol. The number of rotatable bonds is 7. The molecule has 1 aliphatic heterocycles. The van der Waals surface area contributed by atoms with Gasteiger partial charge in [0.2, 0.25) is 10.0 Å². The van der Waals surface area contributed by atoms with Crippen molar-refractivity contribution < 1.29 is 27.7 Å². The predicted octanol–water partition coefficient (Wildman–Crippen LogP) is 3.12. The highest BCUT2D eigenvalue weighted by molar-refractivity contribution is 7.89. The van der Waals surface area contributed by atoms with E-state index in [1.54, 1.807) is 0 Å². The fraction of sp³-hybridized carbons (Fsp3) is 0.364. The standard InChI is InChI=1S/C22H25N3O7S/c1-15-10-12-24(13-11-15)33(30,31)18-8-6-17(7-9-18)22(27)32-14-21(26)23-19-4-3-5-20(16(19)2)25(28)29/h3-9,15H,10-14H2,1-2H3,(H,23,26). The van der Waals surface area contributed by atoms with E-state index >= 15 is 0 Å². The monoisotopic (exact) mass is 475 g/mol. The summed E-state index contributed by atoms with van der Waals surface area (Å²) >= 11 is 0. The third kappa shape index (κ3) is 5.74. The molecular formula is C22H25N3O7S. The molecule has 3 rings (SSSR count). The van der Waals surface area contributed by atoms with Crippen LogP contribution in [-0.2, 0) is 19.6 Å². The second-order valence-electron chi connectivity index (χ2n) is 7.94. The Morgan fingerprint density at radius 1 is 1.15 bits per heavy atom. The van der Waals surface area contributed by atoms with Crippen LogP contribution in [0.5, 0.6) is 0 Å². The molecule has 1 N–H and O–H groups in total. The molecule has 1 aliphatic rings. The molecule has 0 bridgehead atoms. The molecule has 0 atom stereocenters. The number of anilines is 1. The minimum absolute atomic E-state index is 0.0903. The number of nitrogens with zero attached hydrogens (tertiary/aromatic N) is 2. The van der Waals surface area contributed by atoms with Gasteiger partial charge in [-0.2, -0.15) is 4.31 Å². The highest BCUT2D eigenvalue weighted by atomic mass is 32.2. The molecule has 0 aliphatic carbocycles. The first-order valence-corrected chi connectivity index (χ1v) is 11.8. The van der Waals surface area contributed by atoms with Gasteiger partial charge in [-0.15, -0.1) is 0 Å². The Morgan fingerprint density at radius 2 is 1.79 bits per heavy atom. The minimum Gasteiger partial charge on any atom is -0.452 e. The molecule has 33 heavy (non-hydrogen) atoms. The molecule has 1 saturated heterocycles. The fourth-order valence-corrected chi connectivity index (χ4v) is 4.96. The zero-order valence-electron chi connectivity index (χ0n) is 18.3. The molecule has 0 spiro atoms. The van der Waals surface area contributed by atoms with Crippen molar-refractivity contribution in [1.82, 2.24) is 4.31 Å². The van der Waals surface area contributed by atoms with E-state index in [0.29, 0.717) is 19.0 Å². The van der Waals surface area contributed by atoms with E-state index in [1.165, 1.54) is 53.7 Å². The van der Waals surface area contributed by atoms with Gasteiger partial charge < -0.3 is 10.1 Å². The molecule has 0 saturated carbocycles. The lowest BCUT2D eigenvalue weighted by Gasteiger charge is -2.29. The van der Waals surface area contributed by atoms with Gasteiger partial charge in [0, 0.05) is 19.2 Å². The number of carbonyl (C=O) groups excluding carboxylic acids is 2. The number of ether oxygens (including phenoxy) is 1. The summed E-state index contributed by atoms with van der Waals surface area (Å²) in [6.07, 6.45) is 1.61. The number of nitrogens with one attached hydrogen (secondary N) is 1. The molecule has 0 aromatic heterocycles. The second kappa shape index (κ2) is 10.1. The summed E-state index contributed by atoms with van der Waals surface area (Å²) in [5, 5.41) is 13.5.